The monoisotopic (exact) mass is 261 g/mol. The predicted octanol–water partition coefficient (Wildman–Crippen LogP) is 1.28. The molecule has 0 aliphatic carbocycles. The predicted molar refractivity (Wildman–Crippen MR) is 69.2 cm³/mol. The van der Waals surface area contributed by atoms with Crippen molar-refractivity contribution in [2.45, 2.75) is 0 Å². The summed E-state index contributed by atoms with van der Waals surface area (Å²) in [4.78, 5) is 23.0. The molecule has 1 amide bonds. The first-order valence-electron chi connectivity index (χ1n) is 5.55. The number of carbonyl (C=O) groups is 1. The molecule has 5 nitrogen and oxygen atoms in total. The van der Waals surface area contributed by atoms with Crippen molar-refractivity contribution in [3.63, 3.8) is 0 Å². The molecule has 2 rings (SSSR count). The summed E-state index contributed by atoms with van der Waals surface area (Å²) in [5.74, 6) is -0.818. The largest absolute Gasteiger partial charge is 0.318 e. The second-order valence-corrected chi connectivity index (χ2v) is 3.96. The number of nitrogens with zero attached hydrogens (tertiary/aromatic N) is 1. The molecule has 0 atom stereocenters. The third-order valence-electron chi connectivity index (χ3n) is 2.49. The lowest BCUT2D eigenvalue weighted by Gasteiger charge is -2.09. The summed E-state index contributed by atoms with van der Waals surface area (Å²) in [6.07, 6.45) is 1.42. The van der Waals surface area contributed by atoms with Crippen molar-refractivity contribution in [3.05, 3.63) is 64.3 Å². The van der Waals surface area contributed by atoms with Crippen molar-refractivity contribution >= 4 is 11.6 Å². The molecule has 0 aliphatic heterocycles. The number of benzene rings is 1. The van der Waals surface area contributed by atoms with Gasteiger partial charge in [-0.3, -0.25) is 20.4 Å². The van der Waals surface area contributed by atoms with Gasteiger partial charge in [-0.2, -0.15) is 0 Å². The Balaban J connectivity index is 2.05. The minimum atomic E-state index is -0.417. The highest BCUT2D eigenvalue weighted by Gasteiger charge is 2.06. The number of carbonyl (C=O) groups excluding carboxylic acids is 1. The van der Waals surface area contributed by atoms with Crippen molar-refractivity contribution in [2.24, 2.45) is 7.05 Å². The average molecular weight is 261 g/mol. The Labute approximate surface area is 108 Å². The lowest BCUT2D eigenvalue weighted by Crippen LogP contribution is -2.30. The first-order chi connectivity index (χ1) is 9.06. The van der Waals surface area contributed by atoms with E-state index in [1.54, 1.807) is 13.1 Å². The number of hydrazine groups is 1. The fourth-order valence-electron chi connectivity index (χ4n) is 1.50. The zero-order valence-electron chi connectivity index (χ0n) is 10.2. The molecule has 0 unspecified atom stereocenters. The van der Waals surface area contributed by atoms with Gasteiger partial charge in [-0.1, -0.05) is 6.07 Å². The molecule has 0 radical (unpaired) electrons. The Morgan fingerprint density at radius 3 is 2.74 bits per heavy atom. The molecular weight excluding hydrogens is 249 g/mol. The molecule has 0 saturated heterocycles. The molecule has 1 aromatic carbocycles. The number of aromatic nitrogens is 1. The highest BCUT2D eigenvalue weighted by Crippen LogP contribution is 2.07. The number of halogens is 1. The Hall–Kier alpha value is -2.63. The maximum Gasteiger partial charge on any atom is 0.271 e. The molecule has 1 heterocycles. The molecule has 2 N–H and O–H groups in total. The fourth-order valence-corrected chi connectivity index (χ4v) is 1.50. The van der Waals surface area contributed by atoms with Crippen LogP contribution in [-0.4, -0.2) is 10.5 Å². The molecular formula is C13H12FN3O2. The molecule has 1 aromatic heterocycles. The molecule has 0 bridgehead atoms. The van der Waals surface area contributed by atoms with Crippen LogP contribution < -0.4 is 16.4 Å². The van der Waals surface area contributed by atoms with Crippen LogP contribution in [0.25, 0.3) is 0 Å². The summed E-state index contributed by atoms with van der Waals surface area (Å²) in [6.45, 7) is 0. The van der Waals surface area contributed by atoms with E-state index >= 15 is 0 Å². The summed E-state index contributed by atoms with van der Waals surface area (Å²) in [7, 11) is 1.55. The van der Waals surface area contributed by atoms with Crippen LogP contribution in [0.2, 0.25) is 0 Å². The van der Waals surface area contributed by atoms with Gasteiger partial charge < -0.3 is 4.57 Å². The zero-order chi connectivity index (χ0) is 13.8. The van der Waals surface area contributed by atoms with Crippen molar-refractivity contribution in [3.8, 4) is 0 Å². The lowest BCUT2D eigenvalue weighted by molar-refractivity contribution is 0.0962. The van der Waals surface area contributed by atoms with Gasteiger partial charge in [0.25, 0.3) is 5.91 Å². The number of hydrogen-bond acceptors (Lipinski definition) is 3. The second kappa shape index (κ2) is 5.34. The van der Waals surface area contributed by atoms with Gasteiger partial charge in [-0.25, -0.2) is 4.39 Å². The molecule has 6 heteroatoms. The topological polar surface area (TPSA) is 63.1 Å². The van der Waals surface area contributed by atoms with E-state index in [0.717, 1.165) is 0 Å². The molecule has 0 saturated carbocycles. The number of amides is 1. The van der Waals surface area contributed by atoms with E-state index in [1.165, 1.54) is 41.1 Å². The number of pyridine rings is 1. The van der Waals surface area contributed by atoms with Gasteiger partial charge in [0.2, 0.25) is 5.56 Å². The summed E-state index contributed by atoms with van der Waals surface area (Å²) in [6, 6.07) is 8.42. The standard InChI is InChI=1S/C13H12FN3O2/c1-17-8-9(5-6-12(17)18)13(19)16-15-11-4-2-3-10(14)7-11/h2-8,15H,1H3,(H,16,19). The third kappa shape index (κ3) is 3.19. The molecule has 0 spiro atoms. The van der Waals surface area contributed by atoms with Crippen molar-refractivity contribution in [1.82, 2.24) is 9.99 Å². The van der Waals surface area contributed by atoms with Crippen LogP contribution in [0.15, 0.2) is 47.4 Å². The number of hydrogen-bond donors (Lipinski definition) is 2. The highest BCUT2D eigenvalue weighted by molar-refractivity contribution is 5.94. The maximum atomic E-state index is 12.9. The van der Waals surface area contributed by atoms with Crippen molar-refractivity contribution in [2.75, 3.05) is 5.43 Å². The van der Waals surface area contributed by atoms with Gasteiger partial charge >= 0.3 is 0 Å². The van der Waals surface area contributed by atoms with Crippen LogP contribution >= 0.6 is 0 Å². The van der Waals surface area contributed by atoms with Crippen molar-refractivity contribution in [1.29, 1.82) is 0 Å². The van der Waals surface area contributed by atoms with Crippen LogP contribution in [-0.2, 0) is 7.05 Å². The number of nitrogens with one attached hydrogen (secondary N) is 2. The van der Waals surface area contributed by atoms with E-state index in [4.69, 9.17) is 0 Å². The van der Waals surface area contributed by atoms with Gasteiger partial charge in [0, 0.05) is 19.3 Å². The van der Waals surface area contributed by atoms with Gasteiger partial charge in [0.1, 0.15) is 5.82 Å². The second-order valence-electron chi connectivity index (χ2n) is 3.96. The SMILES string of the molecule is Cn1cc(C(=O)NNc2cccc(F)c2)ccc1=O. The van der Waals surface area contributed by atoms with Crippen LogP contribution in [0.1, 0.15) is 10.4 Å². The molecule has 0 aliphatic rings. The van der Waals surface area contributed by atoms with Gasteiger partial charge in [0.15, 0.2) is 0 Å². The average Bonchev–Trinajstić information content (AvgIpc) is 2.39. The first kappa shape index (κ1) is 12.8. The van der Waals surface area contributed by atoms with Crippen molar-refractivity contribution < 1.29 is 9.18 Å². The molecule has 0 fully saturated rings. The van der Waals surface area contributed by atoms with E-state index in [-0.39, 0.29) is 5.56 Å². The molecule has 2 aromatic rings. The first-order valence-corrected chi connectivity index (χ1v) is 5.55. The van der Waals surface area contributed by atoms with E-state index in [2.05, 4.69) is 10.9 Å². The van der Waals surface area contributed by atoms with Gasteiger partial charge in [-0.15, -0.1) is 0 Å². The molecule has 19 heavy (non-hydrogen) atoms. The van der Waals surface area contributed by atoms with Crippen LogP contribution in [0.5, 0.6) is 0 Å². The Bertz CT molecular complexity index is 667. The van der Waals surface area contributed by atoms with E-state index in [1.807, 2.05) is 0 Å². The van der Waals surface area contributed by atoms with Crippen LogP contribution in [0.3, 0.4) is 0 Å². The van der Waals surface area contributed by atoms with E-state index in [9.17, 15) is 14.0 Å². The summed E-state index contributed by atoms with van der Waals surface area (Å²) >= 11 is 0. The third-order valence-corrected chi connectivity index (χ3v) is 2.49. The lowest BCUT2D eigenvalue weighted by atomic mass is 10.3. The minimum Gasteiger partial charge on any atom is -0.318 e. The minimum absolute atomic E-state index is 0.199. The normalized spacial score (nSPS) is 10.0. The number of aryl methyl sites for hydroxylation is 1. The van der Waals surface area contributed by atoms with Crippen LogP contribution in [0.4, 0.5) is 10.1 Å². The van der Waals surface area contributed by atoms with Crippen LogP contribution in [0, 0.1) is 5.82 Å². The molecule has 98 valence electrons. The van der Waals surface area contributed by atoms with Gasteiger partial charge in [-0.05, 0) is 24.3 Å². The zero-order valence-corrected chi connectivity index (χ0v) is 10.2. The maximum absolute atomic E-state index is 12.9. The van der Waals surface area contributed by atoms with E-state index < -0.39 is 11.7 Å². The Morgan fingerprint density at radius 1 is 1.26 bits per heavy atom. The Kier molecular flexibility index (Phi) is 3.61. The quantitative estimate of drug-likeness (QED) is 0.818. The fraction of sp³-hybridized carbons (Fsp3) is 0.0769. The number of anilines is 1. The van der Waals surface area contributed by atoms with Gasteiger partial charge in [0.05, 0.1) is 11.3 Å². The highest BCUT2D eigenvalue weighted by atomic mass is 19.1. The summed E-state index contributed by atoms with van der Waals surface area (Å²) in [5, 5.41) is 0. The smallest absolute Gasteiger partial charge is 0.271 e. The summed E-state index contributed by atoms with van der Waals surface area (Å²) in [5.41, 5.74) is 5.56. The number of rotatable bonds is 3. The Morgan fingerprint density at radius 2 is 2.05 bits per heavy atom. The summed E-state index contributed by atoms with van der Waals surface area (Å²) < 4.78 is 14.2. The van der Waals surface area contributed by atoms with E-state index in [0.29, 0.717) is 11.3 Å².